The number of thioether (sulfide) groups is 1. The molecule has 1 aromatic rings. The third kappa shape index (κ3) is 5.57. The van der Waals surface area contributed by atoms with Crippen molar-refractivity contribution in [1.29, 1.82) is 0 Å². The molecule has 5 heteroatoms. The summed E-state index contributed by atoms with van der Waals surface area (Å²) in [6, 6.07) is 0. The van der Waals surface area contributed by atoms with Gasteiger partial charge < -0.3 is 14.3 Å². The van der Waals surface area contributed by atoms with Gasteiger partial charge in [-0.25, -0.2) is 4.98 Å². The fourth-order valence-corrected chi connectivity index (χ4v) is 2.00. The molecule has 0 aromatic carbocycles. The molecule has 0 fully saturated rings. The predicted octanol–water partition coefficient (Wildman–Crippen LogP) is 2.56. The first kappa shape index (κ1) is 14.5. The molecule has 1 rings (SSSR count). The summed E-state index contributed by atoms with van der Waals surface area (Å²) < 4.78 is 10.7. The van der Waals surface area contributed by atoms with Gasteiger partial charge in [0.05, 0.1) is 18.4 Å². The maximum Gasteiger partial charge on any atom is 0.256 e. The minimum atomic E-state index is -0.468. The van der Waals surface area contributed by atoms with Crippen molar-refractivity contribution in [3.05, 3.63) is 11.5 Å². The second kappa shape index (κ2) is 7.74. The summed E-state index contributed by atoms with van der Waals surface area (Å²) in [4.78, 5) is 4.24. The van der Waals surface area contributed by atoms with Crippen LogP contribution in [0.3, 0.4) is 0 Å². The van der Waals surface area contributed by atoms with E-state index in [9.17, 15) is 5.11 Å². The van der Waals surface area contributed by atoms with Gasteiger partial charge >= 0.3 is 0 Å². The van der Waals surface area contributed by atoms with Crippen LogP contribution in [0.4, 0.5) is 0 Å². The molecule has 4 nitrogen and oxygen atoms in total. The van der Waals surface area contributed by atoms with E-state index >= 15 is 0 Å². The molecule has 0 aliphatic heterocycles. The Balaban J connectivity index is 2.17. The average molecular weight is 259 g/mol. The Morgan fingerprint density at radius 1 is 1.47 bits per heavy atom. The monoisotopic (exact) mass is 259 g/mol. The highest BCUT2D eigenvalue weighted by Crippen LogP contribution is 2.20. The van der Waals surface area contributed by atoms with E-state index in [1.807, 2.05) is 13.8 Å². The molecule has 1 aromatic heterocycles. The van der Waals surface area contributed by atoms with Crippen LogP contribution in [0.25, 0.3) is 0 Å². The third-order valence-electron chi connectivity index (χ3n) is 2.36. The highest BCUT2D eigenvalue weighted by Gasteiger charge is 2.10. The molecule has 0 saturated carbocycles. The normalized spacial score (nSPS) is 12.9. The SMILES string of the molecule is CCCCOCC(O)CSc1nc(C)c(C)o1. The summed E-state index contributed by atoms with van der Waals surface area (Å²) in [6.07, 6.45) is 1.68. The molecule has 1 unspecified atom stereocenters. The lowest BCUT2D eigenvalue weighted by Crippen LogP contribution is -2.18. The number of hydrogen-bond donors (Lipinski definition) is 1. The van der Waals surface area contributed by atoms with Gasteiger partial charge in [0.2, 0.25) is 0 Å². The first-order valence-electron chi connectivity index (χ1n) is 5.96. The van der Waals surface area contributed by atoms with Gasteiger partial charge in [0.1, 0.15) is 5.76 Å². The van der Waals surface area contributed by atoms with E-state index in [0.717, 1.165) is 30.9 Å². The van der Waals surface area contributed by atoms with Crippen LogP contribution < -0.4 is 0 Å². The first-order valence-corrected chi connectivity index (χ1v) is 6.94. The van der Waals surface area contributed by atoms with E-state index in [2.05, 4.69) is 11.9 Å². The van der Waals surface area contributed by atoms with Crippen LogP contribution >= 0.6 is 11.8 Å². The Bertz CT molecular complexity index is 308. The molecule has 0 amide bonds. The second-order valence-electron chi connectivity index (χ2n) is 4.01. The van der Waals surface area contributed by atoms with Crippen molar-refractivity contribution in [1.82, 2.24) is 4.98 Å². The summed E-state index contributed by atoms with van der Waals surface area (Å²) in [5.41, 5.74) is 0.904. The van der Waals surface area contributed by atoms with Crippen molar-refractivity contribution in [2.45, 2.75) is 44.9 Å². The largest absolute Gasteiger partial charge is 0.437 e. The van der Waals surface area contributed by atoms with Crippen molar-refractivity contribution >= 4 is 11.8 Å². The molecule has 0 saturated heterocycles. The number of aliphatic hydroxyl groups excluding tert-OH is 1. The topological polar surface area (TPSA) is 55.5 Å². The van der Waals surface area contributed by atoms with Crippen molar-refractivity contribution in [2.24, 2.45) is 0 Å². The Morgan fingerprint density at radius 3 is 2.82 bits per heavy atom. The van der Waals surface area contributed by atoms with Crippen LogP contribution in [-0.2, 0) is 4.74 Å². The van der Waals surface area contributed by atoms with E-state index < -0.39 is 6.10 Å². The van der Waals surface area contributed by atoms with Gasteiger partial charge in [-0.3, -0.25) is 0 Å². The van der Waals surface area contributed by atoms with Crippen LogP contribution in [-0.4, -0.2) is 35.2 Å². The number of aromatic nitrogens is 1. The van der Waals surface area contributed by atoms with E-state index in [1.54, 1.807) is 0 Å². The second-order valence-corrected chi connectivity index (χ2v) is 4.99. The number of unbranched alkanes of at least 4 members (excludes halogenated alkanes) is 1. The quantitative estimate of drug-likeness (QED) is 0.574. The standard InChI is InChI=1S/C12H21NO3S/c1-4-5-6-15-7-11(14)8-17-12-13-9(2)10(3)16-12/h11,14H,4-8H2,1-3H3. The van der Waals surface area contributed by atoms with Gasteiger partial charge in [-0.2, -0.15) is 0 Å². The summed E-state index contributed by atoms with van der Waals surface area (Å²) in [5, 5.41) is 10.3. The number of ether oxygens (including phenoxy) is 1. The number of aliphatic hydroxyl groups is 1. The van der Waals surface area contributed by atoms with Gasteiger partial charge in [-0.15, -0.1) is 0 Å². The lowest BCUT2D eigenvalue weighted by molar-refractivity contribution is 0.0472. The fraction of sp³-hybridized carbons (Fsp3) is 0.750. The molecule has 1 heterocycles. The average Bonchev–Trinajstić information content (AvgIpc) is 2.62. The summed E-state index contributed by atoms with van der Waals surface area (Å²) in [6.45, 7) is 7.01. The Labute approximate surface area is 107 Å². The smallest absolute Gasteiger partial charge is 0.256 e. The van der Waals surface area contributed by atoms with E-state index in [4.69, 9.17) is 9.15 Å². The summed E-state index contributed by atoms with van der Waals surface area (Å²) in [5.74, 6) is 1.38. The molecular formula is C12H21NO3S. The van der Waals surface area contributed by atoms with Crippen LogP contribution in [0.2, 0.25) is 0 Å². The van der Waals surface area contributed by atoms with Crippen molar-refractivity contribution in [2.75, 3.05) is 19.0 Å². The summed E-state index contributed by atoms with van der Waals surface area (Å²) in [7, 11) is 0. The maximum absolute atomic E-state index is 9.67. The molecule has 0 spiro atoms. The zero-order valence-electron chi connectivity index (χ0n) is 10.7. The number of nitrogens with zero attached hydrogens (tertiary/aromatic N) is 1. The number of hydrogen-bond acceptors (Lipinski definition) is 5. The lowest BCUT2D eigenvalue weighted by Gasteiger charge is -2.09. The van der Waals surface area contributed by atoms with Crippen LogP contribution in [0, 0.1) is 13.8 Å². The summed E-state index contributed by atoms with van der Waals surface area (Å²) >= 11 is 1.42. The fourth-order valence-electron chi connectivity index (χ4n) is 1.19. The number of rotatable bonds is 8. The van der Waals surface area contributed by atoms with E-state index in [1.165, 1.54) is 11.8 Å². The molecule has 0 radical (unpaired) electrons. The predicted molar refractivity (Wildman–Crippen MR) is 68.4 cm³/mol. The van der Waals surface area contributed by atoms with Gasteiger partial charge in [0, 0.05) is 12.4 Å². The highest BCUT2D eigenvalue weighted by molar-refractivity contribution is 7.99. The Kier molecular flexibility index (Phi) is 6.62. The zero-order chi connectivity index (χ0) is 12.7. The Hall–Kier alpha value is -0.520. The first-order chi connectivity index (χ1) is 8.13. The lowest BCUT2D eigenvalue weighted by atomic mass is 10.3. The van der Waals surface area contributed by atoms with Gasteiger partial charge in [0.15, 0.2) is 0 Å². The third-order valence-corrected chi connectivity index (χ3v) is 3.33. The molecule has 0 bridgehead atoms. The van der Waals surface area contributed by atoms with Crippen molar-refractivity contribution < 1.29 is 14.3 Å². The van der Waals surface area contributed by atoms with Gasteiger partial charge in [-0.1, -0.05) is 25.1 Å². The minimum absolute atomic E-state index is 0.381. The van der Waals surface area contributed by atoms with Crippen LogP contribution in [0.5, 0.6) is 0 Å². The van der Waals surface area contributed by atoms with E-state index in [-0.39, 0.29) is 0 Å². The number of oxazole rings is 1. The maximum atomic E-state index is 9.67. The Morgan fingerprint density at radius 2 is 2.24 bits per heavy atom. The molecule has 0 aliphatic rings. The van der Waals surface area contributed by atoms with Crippen LogP contribution in [0.1, 0.15) is 31.2 Å². The van der Waals surface area contributed by atoms with Crippen LogP contribution in [0.15, 0.2) is 9.64 Å². The van der Waals surface area contributed by atoms with Gasteiger partial charge in [-0.05, 0) is 20.3 Å². The molecule has 17 heavy (non-hydrogen) atoms. The highest BCUT2D eigenvalue weighted by atomic mass is 32.2. The van der Waals surface area contributed by atoms with Crippen molar-refractivity contribution in [3.8, 4) is 0 Å². The molecule has 1 N–H and O–H groups in total. The molecule has 98 valence electrons. The molecular weight excluding hydrogens is 238 g/mol. The molecule has 1 atom stereocenters. The van der Waals surface area contributed by atoms with Crippen molar-refractivity contribution in [3.63, 3.8) is 0 Å². The molecule has 0 aliphatic carbocycles. The van der Waals surface area contributed by atoms with Gasteiger partial charge in [0.25, 0.3) is 5.22 Å². The zero-order valence-corrected chi connectivity index (χ0v) is 11.5. The number of aryl methyl sites for hydroxylation is 2. The van der Waals surface area contributed by atoms with E-state index in [0.29, 0.717) is 17.6 Å². The minimum Gasteiger partial charge on any atom is -0.437 e.